The first-order valence-electron chi connectivity index (χ1n) is 8.99. The zero-order valence-corrected chi connectivity index (χ0v) is 16.1. The van der Waals surface area contributed by atoms with E-state index in [4.69, 9.17) is 9.47 Å². The van der Waals surface area contributed by atoms with Crippen molar-refractivity contribution >= 4 is 11.3 Å². The minimum atomic E-state index is 0.482. The van der Waals surface area contributed by atoms with Crippen LogP contribution >= 0.6 is 11.3 Å². The molecule has 1 aromatic heterocycles. The van der Waals surface area contributed by atoms with E-state index >= 15 is 0 Å². The Hall–Kier alpha value is -0.530. The Bertz CT molecular complexity index is 514. The first kappa shape index (κ1) is 18.3. The number of hydrogen-bond acceptors (Lipinski definition) is 6. The number of aryl methyl sites for hydroxylation is 1. The van der Waals surface area contributed by atoms with E-state index in [1.807, 2.05) is 12.6 Å². The van der Waals surface area contributed by atoms with Crippen molar-refractivity contribution in [2.24, 2.45) is 5.41 Å². The van der Waals surface area contributed by atoms with Gasteiger partial charge in [0.05, 0.1) is 24.4 Å². The molecule has 2 saturated heterocycles. The van der Waals surface area contributed by atoms with Crippen LogP contribution in [0.15, 0.2) is 5.51 Å². The number of rotatable bonds is 7. The molecule has 24 heavy (non-hydrogen) atoms. The first-order chi connectivity index (χ1) is 11.7. The quantitative estimate of drug-likeness (QED) is 0.752. The van der Waals surface area contributed by atoms with Crippen LogP contribution < -0.4 is 0 Å². The van der Waals surface area contributed by atoms with Crippen molar-refractivity contribution in [1.82, 2.24) is 14.8 Å². The molecular formula is C18H31N3O2S. The minimum absolute atomic E-state index is 0.482. The van der Waals surface area contributed by atoms with E-state index in [1.54, 1.807) is 18.4 Å². The predicted octanol–water partition coefficient (Wildman–Crippen LogP) is 2.40. The summed E-state index contributed by atoms with van der Waals surface area (Å²) >= 11 is 1.79. The van der Waals surface area contributed by atoms with Crippen molar-refractivity contribution in [2.75, 3.05) is 53.6 Å². The molecule has 0 N–H and O–H groups in total. The van der Waals surface area contributed by atoms with Crippen molar-refractivity contribution in [3.8, 4) is 0 Å². The van der Waals surface area contributed by atoms with Crippen molar-refractivity contribution in [2.45, 2.75) is 38.8 Å². The molecule has 1 aromatic rings. The summed E-state index contributed by atoms with van der Waals surface area (Å²) < 4.78 is 10.8. The van der Waals surface area contributed by atoms with Gasteiger partial charge in [-0.15, -0.1) is 11.3 Å². The number of ether oxygens (including phenoxy) is 2. The summed E-state index contributed by atoms with van der Waals surface area (Å²) in [5.74, 6) is 0. The van der Waals surface area contributed by atoms with Crippen molar-refractivity contribution in [1.29, 1.82) is 0 Å². The SMILES string of the molecule is COCCN1CC2(CCN(Cc3scnc3C)CC2)CC1COC. The predicted molar refractivity (Wildman–Crippen MR) is 97.5 cm³/mol. The largest absolute Gasteiger partial charge is 0.383 e. The summed E-state index contributed by atoms with van der Waals surface area (Å²) in [5, 5.41) is 0. The molecular weight excluding hydrogens is 322 g/mol. The molecule has 1 spiro atoms. The van der Waals surface area contributed by atoms with Crippen molar-refractivity contribution in [3.63, 3.8) is 0 Å². The highest BCUT2D eigenvalue weighted by atomic mass is 32.1. The van der Waals surface area contributed by atoms with E-state index in [0.717, 1.165) is 26.3 Å². The van der Waals surface area contributed by atoms with Gasteiger partial charge in [0, 0.05) is 44.8 Å². The molecule has 1 unspecified atom stereocenters. The first-order valence-corrected chi connectivity index (χ1v) is 9.87. The molecule has 6 heteroatoms. The highest BCUT2D eigenvalue weighted by Gasteiger charge is 2.45. The van der Waals surface area contributed by atoms with Crippen LogP contribution in [0.2, 0.25) is 0 Å². The maximum atomic E-state index is 5.48. The fourth-order valence-electron chi connectivity index (χ4n) is 4.31. The third-order valence-electron chi connectivity index (χ3n) is 5.79. The normalized spacial score (nSPS) is 24.9. The van der Waals surface area contributed by atoms with E-state index in [9.17, 15) is 0 Å². The maximum Gasteiger partial charge on any atom is 0.0798 e. The molecule has 5 nitrogen and oxygen atoms in total. The van der Waals surface area contributed by atoms with Gasteiger partial charge in [0.25, 0.3) is 0 Å². The molecule has 2 fully saturated rings. The zero-order valence-electron chi connectivity index (χ0n) is 15.3. The molecule has 1 atom stereocenters. The second-order valence-electron chi connectivity index (χ2n) is 7.41. The lowest BCUT2D eigenvalue weighted by atomic mass is 9.76. The molecule has 0 aliphatic carbocycles. The van der Waals surface area contributed by atoms with Gasteiger partial charge in [-0.1, -0.05) is 0 Å². The van der Waals surface area contributed by atoms with Crippen LogP contribution in [-0.2, 0) is 16.0 Å². The van der Waals surface area contributed by atoms with Gasteiger partial charge in [-0.2, -0.15) is 0 Å². The Morgan fingerprint density at radius 2 is 2.08 bits per heavy atom. The molecule has 3 heterocycles. The third-order valence-corrected chi connectivity index (χ3v) is 6.71. The third kappa shape index (κ3) is 4.17. The van der Waals surface area contributed by atoms with E-state index in [-0.39, 0.29) is 0 Å². The summed E-state index contributed by atoms with van der Waals surface area (Å²) in [5.41, 5.74) is 3.65. The zero-order chi connectivity index (χ0) is 17.0. The van der Waals surface area contributed by atoms with Gasteiger partial charge in [-0.3, -0.25) is 9.80 Å². The number of nitrogens with zero attached hydrogens (tertiary/aromatic N) is 3. The summed E-state index contributed by atoms with van der Waals surface area (Å²) in [6.45, 7) is 9.49. The second kappa shape index (κ2) is 8.23. The molecule has 136 valence electrons. The molecule has 0 amide bonds. The summed E-state index contributed by atoms with van der Waals surface area (Å²) in [4.78, 5) is 11.0. The summed E-state index contributed by atoms with van der Waals surface area (Å²) in [6.07, 6.45) is 3.88. The van der Waals surface area contributed by atoms with Crippen LogP contribution in [0.1, 0.15) is 29.8 Å². The van der Waals surface area contributed by atoms with Gasteiger partial charge < -0.3 is 9.47 Å². The smallest absolute Gasteiger partial charge is 0.0798 e. The summed E-state index contributed by atoms with van der Waals surface area (Å²) in [6, 6.07) is 0.556. The monoisotopic (exact) mass is 353 g/mol. The van der Waals surface area contributed by atoms with E-state index in [2.05, 4.69) is 21.7 Å². The highest BCUT2D eigenvalue weighted by Crippen LogP contribution is 2.43. The fraction of sp³-hybridized carbons (Fsp3) is 0.833. The molecule has 3 rings (SSSR count). The van der Waals surface area contributed by atoms with E-state index < -0.39 is 0 Å². The highest BCUT2D eigenvalue weighted by molar-refractivity contribution is 7.09. The van der Waals surface area contributed by atoms with E-state index in [0.29, 0.717) is 11.5 Å². The lowest BCUT2D eigenvalue weighted by Gasteiger charge is -2.39. The van der Waals surface area contributed by atoms with Gasteiger partial charge in [0.2, 0.25) is 0 Å². The second-order valence-corrected chi connectivity index (χ2v) is 8.35. The molecule has 0 radical (unpaired) electrons. The van der Waals surface area contributed by atoms with Crippen molar-refractivity contribution < 1.29 is 9.47 Å². The molecule has 0 saturated carbocycles. The number of likely N-dealkylation sites (tertiary alicyclic amines) is 2. The Balaban J connectivity index is 1.55. The van der Waals surface area contributed by atoms with Crippen LogP contribution in [0.25, 0.3) is 0 Å². The number of thiazole rings is 1. The van der Waals surface area contributed by atoms with Gasteiger partial charge in [0.15, 0.2) is 0 Å². The minimum Gasteiger partial charge on any atom is -0.383 e. The number of aromatic nitrogens is 1. The Kier molecular flexibility index (Phi) is 6.27. The van der Waals surface area contributed by atoms with Gasteiger partial charge in [-0.25, -0.2) is 4.98 Å². The van der Waals surface area contributed by atoms with Crippen LogP contribution in [0.4, 0.5) is 0 Å². The van der Waals surface area contributed by atoms with Crippen LogP contribution in [0.5, 0.6) is 0 Å². The fourth-order valence-corrected chi connectivity index (χ4v) is 5.13. The Morgan fingerprint density at radius 1 is 1.29 bits per heavy atom. The summed E-state index contributed by atoms with van der Waals surface area (Å²) in [7, 11) is 3.61. The van der Waals surface area contributed by atoms with Gasteiger partial charge in [-0.05, 0) is 44.7 Å². The standard InChI is InChI=1S/C18H31N3O2S/c1-15-17(24-14-19-15)11-20-6-4-18(5-7-20)10-16(12-23-3)21(13-18)8-9-22-2/h14,16H,4-13H2,1-3H3. The molecule has 0 aromatic carbocycles. The van der Waals surface area contributed by atoms with Crippen LogP contribution in [0.3, 0.4) is 0 Å². The van der Waals surface area contributed by atoms with Gasteiger partial charge in [0.1, 0.15) is 0 Å². The topological polar surface area (TPSA) is 37.8 Å². The maximum absolute atomic E-state index is 5.48. The molecule has 2 aliphatic heterocycles. The lowest BCUT2D eigenvalue weighted by Crippen LogP contribution is -2.41. The number of hydrogen-bond donors (Lipinski definition) is 0. The van der Waals surface area contributed by atoms with Gasteiger partial charge >= 0.3 is 0 Å². The van der Waals surface area contributed by atoms with Crippen LogP contribution in [-0.4, -0.2) is 74.4 Å². The number of piperidine rings is 1. The number of methoxy groups -OCH3 is 2. The Labute approximate surface area is 150 Å². The molecule has 2 aliphatic rings. The molecule has 0 bridgehead atoms. The average Bonchev–Trinajstić information content (AvgIpc) is 3.13. The van der Waals surface area contributed by atoms with Crippen molar-refractivity contribution in [3.05, 3.63) is 16.1 Å². The Morgan fingerprint density at radius 3 is 2.71 bits per heavy atom. The average molecular weight is 354 g/mol. The van der Waals surface area contributed by atoms with Crippen LogP contribution in [0, 0.1) is 12.3 Å². The van der Waals surface area contributed by atoms with E-state index in [1.165, 1.54) is 49.5 Å². The lowest BCUT2D eigenvalue weighted by molar-refractivity contribution is 0.0859.